The van der Waals surface area contributed by atoms with Crippen LogP contribution in [0.2, 0.25) is 0 Å². The van der Waals surface area contributed by atoms with E-state index in [0.29, 0.717) is 11.2 Å². The molecule has 1 rings (SSSR count). The monoisotopic (exact) mass is 165 g/mol. The van der Waals surface area contributed by atoms with Crippen LogP contribution in [0.15, 0.2) is 12.1 Å². The van der Waals surface area contributed by atoms with Crippen molar-refractivity contribution in [1.29, 1.82) is 0 Å². The summed E-state index contributed by atoms with van der Waals surface area (Å²) in [5.41, 5.74) is 8.37. The number of hydrogen-bond acceptors (Lipinski definition) is 3. The Kier molecular flexibility index (Phi) is 2.40. The molecule has 0 saturated carbocycles. The minimum absolute atomic E-state index is 0.546. The van der Waals surface area contributed by atoms with Gasteiger partial charge in [-0.15, -0.1) is 0 Å². The summed E-state index contributed by atoms with van der Waals surface area (Å²) in [6.45, 7) is 3.61. The first kappa shape index (κ1) is 9.10. The number of aryl methyl sites for hydroxylation is 2. The molecule has 0 aromatic heterocycles. The maximum absolute atomic E-state index is 8.99. The second-order valence-electron chi connectivity index (χ2n) is 2.94. The van der Waals surface area contributed by atoms with Gasteiger partial charge in [0.2, 0.25) is 0 Å². The lowest BCUT2D eigenvalue weighted by atomic mass is 9.74. The number of anilines is 1. The summed E-state index contributed by atoms with van der Waals surface area (Å²) in [5.74, 6) is 0. The van der Waals surface area contributed by atoms with Crippen LogP contribution in [-0.4, -0.2) is 17.2 Å². The minimum Gasteiger partial charge on any atom is -0.423 e. The molecule has 0 amide bonds. The van der Waals surface area contributed by atoms with Crippen molar-refractivity contribution in [2.45, 2.75) is 13.8 Å². The van der Waals surface area contributed by atoms with Crippen molar-refractivity contribution in [1.82, 2.24) is 0 Å². The molecule has 1 aromatic carbocycles. The molecule has 4 N–H and O–H groups in total. The van der Waals surface area contributed by atoms with Crippen LogP contribution in [0, 0.1) is 13.8 Å². The summed E-state index contributed by atoms with van der Waals surface area (Å²) < 4.78 is 0. The zero-order chi connectivity index (χ0) is 9.30. The van der Waals surface area contributed by atoms with E-state index in [9.17, 15) is 0 Å². The molecule has 4 heteroatoms. The van der Waals surface area contributed by atoms with Gasteiger partial charge in [0.15, 0.2) is 0 Å². The Balaban J connectivity index is 3.28. The van der Waals surface area contributed by atoms with Gasteiger partial charge in [-0.05, 0) is 42.6 Å². The van der Waals surface area contributed by atoms with E-state index in [4.69, 9.17) is 15.8 Å². The Hall–Kier alpha value is -0.995. The third-order valence-corrected chi connectivity index (χ3v) is 1.87. The fourth-order valence-electron chi connectivity index (χ4n) is 1.42. The predicted molar refractivity (Wildman–Crippen MR) is 50.2 cm³/mol. The largest absolute Gasteiger partial charge is 0.488 e. The summed E-state index contributed by atoms with van der Waals surface area (Å²) in [7, 11) is -1.41. The lowest BCUT2D eigenvalue weighted by molar-refractivity contribution is 0.425. The van der Waals surface area contributed by atoms with Crippen molar-refractivity contribution >= 4 is 18.3 Å². The van der Waals surface area contributed by atoms with Crippen LogP contribution in [0.25, 0.3) is 0 Å². The molecule has 0 aliphatic rings. The predicted octanol–water partition coefficient (Wildman–Crippen LogP) is -0.435. The highest BCUT2D eigenvalue weighted by Crippen LogP contribution is 2.08. The van der Waals surface area contributed by atoms with E-state index in [1.54, 1.807) is 26.0 Å². The van der Waals surface area contributed by atoms with E-state index in [0.717, 1.165) is 11.1 Å². The topological polar surface area (TPSA) is 66.5 Å². The maximum atomic E-state index is 8.99. The van der Waals surface area contributed by atoms with Gasteiger partial charge in [-0.1, -0.05) is 0 Å². The summed E-state index contributed by atoms with van der Waals surface area (Å²) in [5, 5.41) is 18.0. The maximum Gasteiger partial charge on any atom is 0.488 e. The van der Waals surface area contributed by atoms with Gasteiger partial charge in [-0.2, -0.15) is 0 Å². The van der Waals surface area contributed by atoms with E-state index in [1.165, 1.54) is 0 Å². The van der Waals surface area contributed by atoms with Crippen molar-refractivity contribution < 1.29 is 10.0 Å². The Labute approximate surface area is 72.0 Å². The van der Waals surface area contributed by atoms with Crippen LogP contribution in [0.1, 0.15) is 11.1 Å². The lowest BCUT2D eigenvalue weighted by Crippen LogP contribution is -2.34. The molecule has 0 radical (unpaired) electrons. The molecule has 12 heavy (non-hydrogen) atoms. The normalized spacial score (nSPS) is 10.0. The molecule has 1 aromatic rings. The third-order valence-electron chi connectivity index (χ3n) is 1.87. The number of nitrogens with two attached hydrogens (primary N) is 1. The quantitative estimate of drug-likeness (QED) is 0.390. The molecule has 0 atom stereocenters. The second-order valence-corrected chi connectivity index (χ2v) is 2.94. The van der Waals surface area contributed by atoms with Crippen LogP contribution in [0.4, 0.5) is 5.69 Å². The summed E-state index contributed by atoms with van der Waals surface area (Å²) in [6.07, 6.45) is 0. The average molecular weight is 165 g/mol. The van der Waals surface area contributed by atoms with Crippen LogP contribution in [0.3, 0.4) is 0 Å². The van der Waals surface area contributed by atoms with E-state index < -0.39 is 7.12 Å². The van der Waals surface area contributed by atoms with Crippen LogP contribution < -0.4 is 11.2 Å². The van der Waals surface area contributed by atoms with E-state index >= 15 is 0 Å². The van der Waals surface area contributed by atoms with E-state index in [1.807, 2.05) is 0 Å². The zero-order valence-corrected chi connectivity index (χ0v) is 7.20. The van der Waals surface area contributed by atoms with Gasteiger partial charge in [-0.25, -0.2) is 0 Å². The van der Waals surface area contributed by atoms with Crippen molar-refractivity contribution in [3.05, 3.63) is 23.3 Å². The summed E-state index contributed by atoms with van der Waals surface area (Å²) in [4.78, 5) is 0. The first-order chi connectivity index (χ1) is 5.52. The third kappa shape index (κ3) is 1.60. The molecule has 0 bridgehead atoms. The highest BCUT2D eigenvalue weighted by atomic mass is 16.4. The van der Waals surface area contributed by atoms with Gasteiger partial charge < -0.3 is 15.8 Å². The van der Waals surface area contributed by atoms with Crippen LogP contribution in [-0.2, 0) is 0 Å². The van der Waals surface area contributed by atoms with Gasteiger partial charge in [0, 0.05) is 5.69 Å². The molecule has 0 unspecified atom stereocenters. The number of nitrogen functional groups attached to an aromatic ring is 1. The fraction of sp³-hybridized carbons (Fsp3) is 0.250. The first-order valence-corrected chi connectivity index (χ1v) is 3.75. The van der Waals surface area contributed by atoms with Gasteiger partial charge in [-0.3, -0.25) is 0 Å². The highest BCUT2D eigenvalue weighted by Gasteiger charge is 2.16. The highest BCUT2D eigenvalue weighted by molar-refractivity contribution is 6.59. The van der Waals surface area contributed by atoms with Gasteiger partial charge in [0.05, 0.1) is 0 Å². The Morgan fingerprint density at radius 2 is 1.58 bits per heavy atom. The minimum atomic E-state index is -1.41. The Morgan fingerprint density at radius 3 is 1.92 bits per heavy atom. The number of rotatable bonds is 1. The Bertz CT molecular complexity index is 276. The van der Waals surface area contributed by atoms with Gasteiger partial charge in [0.1, 0.15) is 0 Å². The second kappa shape index (κ2) is 3.17. The molecule has 3 nitrogen and oxygen atoms in total. The summed E-state index contributed by atoms with van der Waals surface area (Å²) >= 11 is 0. The van der Waals surface area contributed by atoms with Gasteiger partial charge >= 0.3 is 7.12 Å². The molecule has 0 spiro atoms. The Morgan fingerprint density at radius 1 is 1.17 bits per heavy atom. The van der Waals surface area contributed by atoms with Crippen molar-refractivity contribution in [3.63, 3.8) is 0 Å². The first-order valence-electron chi connectivity index (χ1n) is 3.75. The molecule has 0 aliphatic heterocycles. The molecular formula is C8H12BNO2. The number of benzene rings is 1. The van der Waals surface area contributed by atoms with Crippen molar-refractivity contribution in [2.24, 2.45) is 0 Å². The van der Waals surface area contributed by atoms with Crippen LogP contribution in [0.5, 0.6) is 0 Å². The summed E-state index contributed by atoms with van der Waals surface area (Å²) in [6, 6.07) is 3.45. The molecular weight excluding hydrogens is 153 g/mol. The standard InChI is InChI=1S/C8H12BNO2/c1-5-3-7(10)4-6(2)8(5)9(11)12/h3-4,11-12H,10H2,1-2H3. The van der Waals surface area contributed by atoms with Crippen molar-refractivity contribution in [2.75, 3.05) is 5.73 Å². The van der Waals surface area contributed by atoms with Crippen LogP contribution >= 0.6 is 0 Å². The number of hydrogen-bond donors (Lipinski definition) is 3. The lowest BCUT2D eigenvalue weighted by Gasteiger charge is -2.09. The van der Waals surface area contributed by atoms with Crippen molar-refractivity contribution in [3.8, 4) is 0 Å². The van der Waals surface area contributed by atoms with E-state index in [2.05, 4.69) is 0 Å². The molecule has 0 fully saturated rings. The smallest absolute Gasteiger partial charge is 0.423 e. The van der Waals surface area contributed by atoms with Gasteiger partial charge in [0.25, 0.3) is 0 Å². The molecule has 0 heterocycles. The fourth-order valence-corrected chi connectivity index (χ4v) is 1.42. The average Bonchev–Trinajstić information content (AvgIpc) is 1.82. The SMILES string of the molecule is Cc1cc(N)cc(C)c1B(O)O. The molecule has 64 valence electrons. The molecule has 0 aliphatic carbocycles. The molecule has 0 saturated heterocycles. The van der Waals surface area contributed by atoms with E-state index in [-0.39, 0.29) is 0 Å². The zero-order valence-electron chi connectivity index (χ0n) is 7.20.